The van der Waals surface area contributed by atoms with E-state index >= 15 is 0 Å². The van der Waals surface area contributed by atoms with Crippen molar-refractivity contribution in [1.29, 1.82) is 0 Å². The van der Waals surface area contributed by atoms with Crippen LogP contribution in [0.3, 0.4) is 0 Å². The standard InChI is InChI=1S/C30H31FN2O3S.C4H6O6/c31-24-13-11-21(12-14-24)27(34)22-15-19-32(20-16-22)17-6-18-33-25-9-4-5-10-26(25)37-29(28(35)30(33)36)23-7-2-1-3-8-23;5-1(3(7)8)2(6)4(9)10/h1-5,7-14,22,28-29,35H,6,15-20H2;1-2,5-6H,(H,7,8)(H,9,10). The smallest absolute Gasteiger partial charge is 0.335 e. The highest BCUT2D eigenvalue weighted by Crippen LogP contribution is 2.45. The predicted molar refractivity (Wildman–Crippen MR) is 172 cm³/mol. The average molecular weight is 669 g/mol. The van der Waals surface area contributed by atoms with Crippen molar-refractivity contribution < 1.29 is 49.1 Å². The maximum Gasteiger partial charge on any atom is 0.335 e. The maximum atomic E-state index is 13.4. The number of carboxylic acid groups (broad SMARTS) is 2. The van der Waals surface area contributed by atoms with Crippen LogP contribution in [0.2, 0.25) is 0 Å². The number of piperidine rings is 1. The molecule has 3 aromatic rings. The molecule has 5 N–H and O–H groups in total. The zero-order valence-corrected chi connectivity index (χ0v) is 26.2. The van der Waals surface area contributed by atoms with Gasteiger partial charge in [-0.2, -0.15) is 0 Å². The van der Waals surface area contributed by atoms with Crippen LogP contribution >= 0.6 is 11.8 Å². The number of benzene rings is 3. The summed E-state index contributed by atoms with van der Waals surface area (Å²) in [5.41, 5.74) is 2.35. The highest BCUT2D eigenvalue weighted by atomic mass is 32.2. The lowest BCUT2D eigenvalue weighted by Crippen LogP contribution is -2.42. The summed E-state index contributed by atoms with van der Waals surface area (Å²) in [6.07, 6.45) is -3.35. The maximum absolute atomic E-state index is 13.4. The number of carbonyl (C=O) groups is 4. The number of Topliss-reactive ketones (excluding diaryl/α,β-unsaturated/α-hetero) is 1. The second-order valence-electron chi connectivity index (χ2n) is 11.3. The summed E-state index contributed by atoms with van der Waals surface area (Å²) in [4.78, 5) is 50.8. The minimum atomic E-state index is -2.27. The first-order valence-corrected chi connectivity index (χ1v) is 16.0. The molecular weight excluding hydrogens is 631 g/mol. The van der Waals surface area contributed by atoms with Gasteiger partial charge in [-0.25, -0.2) is 14.0 Å². The van der Waals surface area contributed by atoms with Crippen molar-refractivity contribution >= 4 is 41.1 Å². The second-order valence-corrected chi connectivity index (χ2v) is 12.4. The molecule has 0 spiro atoms. The Hall–Kier alpha value is -4.14. The number of thioether (sulfide) groups is 1. The Morgan fingerprint density at radius 2 is 1.40 bits per heavy atom. The Morgan fingerprint density at radius 3 is 2.00 bits per heavy atom. The largest absolute Gasteiger partial charge is 0.479 e. The molecule has 250 valence electrons. The van der Waals surface area contributed by atoms with E-state index in [0.717, 1.165) is 55.0 Å². The number of likely N-dealkylation sites (tertiary alicyclic amines) is 1. The van der Waals surface area contributed by atoms with Gasteiger partial charge < -0.3 is 35.3 Å². The number of hydrogen-bond acceptors (Lipinski definition) is 9. The van der Waals surface area contributed by atoms with Gasteiger partial charge in [0, 0.05) is 22.9 Å². The number of halogens is 1. The summed E-state index contributed by atoms with van der Waals surface area (Å²) in [7, 11) is 0. The average Bonchev–Trinajstić information content (AvgIpc) is 3.19. The molecule has 4 unspecified atom stereocenters. The van der Waals surface area contributed by atoms with E-state index in [0.29, 0.717) is 12.1 Å². The predicted octanol–water partition coefficient (Wildman–Crippen LogP) is 3.23. The van der Waals surface area contributed by atoms with Gasteiger partial charge in [0.05, 0.1) is 10.9 Å². The van der Waals surface area contributed by atoms with E-state index in [9.17, 15) is 28.7 Å². The first-order chi connectivity index (χ1) is 22.5. The third-order valence-corrected chi connectivity index (χ3v) is 9.48. The fourth-order valence-electron chi connectivity index (χ4n) is 5.50. The van der Waals surface area contributed by atoms with E-state index in [1.54, 1.807) is 17.0 Å². The van der Waals surface area contributed by atoms with E-state index in [1.165, 1.54) is 23.9 Å². The molecule has 2 heterocycles. The molecule has 2 aliphatic heterocycles. The van der Waals surface area contributed by atoms with Gasteiger partial charge in [0.25, 0.3) is 5.91 Å². The van der Waals surface area contributed by atoms with E-state index < -0.39 is 30.3 Å². The number of fused-ring (bicyclic) bond motifs is 1. The number of aliphatic carboxylic acids is 2. The fraction of sp³-hybridized carbons (Fsp3) is 0.353. The van der Waals surface area contributed by atoms with E-state index in [2.05, 4.69) is 4.90 Å². The lowest BCUT2D eigenvalue weighted by Gasteiger charge is -2.32. The summed E-state index contributed by atoms with van der Waals surface area (Å²) in [5.74, 6) is -4.09. The van der Waals surface area contributed by atoms with Gasteiger partial charge in [-0.1, -0.05) is 42.5 Å². The molecule has 4 atom stereocenters. The van der Waals surface area contributed by atoms with Crippen molar-refractivity contribution in [2.45, 2.75) is 47.7 Å². The topological polar surface area (TPSA) is 176 Å². The van der Waals surface area contributed by atoms with Crippen molar-refractivity contribution in [2.24, 2.45) is 5.92 Å². The van der Waals surface area contributed by atoms with E-state index in [4.69, 9.17) is 20.4 Å². The van der Waals surface area contributed by atoms with Crippen LogP contribution in [0.15, 0.2) is 83.8 Å². The first-order valence-electron chi connectivity index (χ1n) is 15.1. The number of anilines is 1. The second kappa shape index (κ2) is 16.6. The summed E-state index contributed by atoms with van der Waals surface area (Å²) < 4.78 is 13.2. The van der Waals surface area contributed by atoms with Gasteiger partial charge in [-0.3, -0.25) is 9.59 Å². The highest BCUT2D eigenvalue weighted by Gasteiger charge is 2.37. The molecule has 11 nitrogen and oxygen atoms in total. The van der Waals surface area contributed by atoms with Crippen molar-refractivity contribution in [2.75, 3.05) is 31.1 Å². The molecule has 3 aromatic carbocycles. The molecule has 2 aliphatic rings. The number of amides is 1. The zero-order chi connectivity index (χ0) is 34.1. The van der Waals surface area contributed by atoms with E-state index in [-0.39, 0.29) is 28.7 Å². The number of carboxylic acids is 2. The van der Waals surface area contributed by atoms with Crippen LogP contribution in [-0.2, 0) is 14.4 Å². The summed E-state index contributed by atoms with van der Waals surface area (Å²) >= 11 is 1.53. The van der Waals surface area contributed by atoms with E-state index in [1.807, 2.05) is 54.6 Å². The van der Waals surface area contributed by atoms with Gasteiger partial charge in [-0.05, 0) is 80.9 Å². The molecule has 1 fully saturated rings. The summed E-state index contributed by atoms with van der Waals surface area (Å²) in [6.45, 7) is 2.96. The molecule has 0 bridgehead atoms. The third-order valence-electron chi connectivity index (χ3n) is 8.09. The minimum absolute atomic E-state index is 0.0390. The molecule has 13 heteroatoms. The number of nitrogens with zero attached hydrogens (tertiary/aromatic N) is 2. The van der Waals surface area contributed by atoms with Crippen molar-refractivity contribution in [3.8, 4) is 0 Å². The molecule has 47 heavy (non-hydrogen) atoms. The number of ketones is 1. The number of aliphatic hydroxyl groups excluding tert-OH is 3. The van der Waals surface area contributed by atoms with Crippen molar-refractivity contribution in [1.82, 2.24) is 4.90 Å². The lowest BCUT2D eigenvalue weighted by molar-refractivity contribution is -0.165. The molecule has 0 radical (unpaired) electrons. The van der Waals surface area contributed by atoms with Crippen LogP contribution in [0, 0.1) is 11.7 Å². The van der Waals surface area contributed by atoms with Crippen molar-refractivity contribution in [3.63, 3.8) is 0 Å². The molecule has 1 saturated heterocycles. The molecule has 0 aliphatic carbocycles. The Bertz CT molecular complexity index is 1520. The van der Waals surface area contributed by atoms with Gasteiger partial charge in [0.2, 0.25) is 0 Å². The Labute approximate surface area is 275 Å². The quantitative estimate of drug-likeness (QED) is 0.201. The number of rotatable bonds is 10. The van der Waals surface area contributed by atoms with Gasteiger partial charge in [-0.15, -0.1) is 11.8 Å². The number of hydrogen-bond donors (Lipinski definition) is 5. The summed E-state index contributed by atoms with van der Waals surface area (Å²) in [6, 6.07) is 23.4. The van der Waals surface area contributed by atoms with Gasteiger partial charge in [0.15, 0.2) is 18.0 Å². The molecule has 0 saturated carbocycles. The molecule has 0 aromatic heterocycles. The SMILES string of the molecule is O=C(O)C(O)C(O)C(=O)O.O=C(c1ccc(F)cc1)C1CCN(CCCN2C(=O)C(O)C(c3ccccc3)Sc3ccccc32)CC1. The van der Waals surface area contributed by atoms with Gasteiger partial charge >= 0.3 is 11.9 Å². The molecule has 1 amide bonds. The van der Waals surface area contributed by atoms with Crippen LogP contribution in [0.1, 0.15) is 40.4 Å². The Balaban J connectivity index is 0.000000434. The Morgan fingerprint density at radius 1 is 0.830 bits per heavy atom. The highest BCUT2D eigenvalue weighted by molar-refractivity contribution is 7.99. The lowest BCUT2D eigenvalue weighted by atomic mass is 9.89. The summed E-state index contributed by atoms with van der Waals surface area (Å²) in [5, 5.41) is 43.2. The monoisotopic (exact) mass is 668 g/mol. The minimum Gasteiger partial charge on any atom is -0.479 e. The normalized spacial score (nSPS) is 19.8. The fourth-order valence-corrected chi connectivity index (χ4v) is 6.77. The van der Waals surface area contributed by atoms with Crippen LogP contribution < -0.4 is 4.90 Å². The van der Waals surface area contributed by atoms with Crippen LogP contribution in [0.4, 0.5) is 10.1 Å². The van der Waals surface area contributed by atoms with Crippen LogP contribution in [0.25, 0.3) is 0 Å². The molecule has 5 rings (SSSR count). The number of aliphatic hydroxyl groups is 3. The third kappa shape index (κ3) is 9.24. The number of para-hydroxylation sites is 1. The zero-order valence-electron chi connectivity index (χ0n) is 25.4. The van der Waals surface area contributed by atoms with Crippen molar-refractivity contribution in [3.05, 3.63) is 95.8 Å². The first kappa shape index (κ1) is 35.7. The van der Waals surface area contributed by atoms with Gasteiger partial charge in [0.1, 0.15) is 11.9 Å². The van der Waals surface area contributed by atoms with Crippen LogP contribution in [-0.4, -0.2) is 98.6 Å². The molecular formula is C34H37FN2O9S. The number of carbonyl (C=O) groups excluding carboxylic acids is 2. The van der Waals surface area contributed by atoms with Crippen LogP contribution in [0.5, 0.6) is 0 Å². The Kier molecular flexibility index (Phi) is 12.6.